The lowest BCUT2D eigenvalue weighted by Gasteiger charge is -2.26. The van der Waals surface area contributed by atoms with E-state index in [2.05, 4.69) is 10.2 Å². The Morgan fingerprint density at radius 2 is 2.00 bits per heavy atom. The molecule has 0 aliphatic carbocycles. The number of hydrogen-bond donors (Lipinski definition) is 1. The summed E-state index contributed by atoms with van der Waals surface area (Å²) in [7, 11) is 0. The lowest BCUT2D eigenvalue weighted by molar-refractivity contribution is 0.0372. The Morgan fingerprint density at radius 1 is 1.33 bits per heavy atom. The van der Waals surface area contributed by atoms with Crippen molar-refractivity contribution in [2.45, 2.75) is 39.2 Å². The van der Waals surface area contributed by atoms with Crippen LogP contribution in [0.2, 0.25) is 0 Å². The van der Waals surface area contributed by atoms with E-state index in [9.17, 15) is 4.79 Å². The fraction of sp³-hybridized carbons (Fsp3) is 0.923. The smallest absolute Gasteiger partial charge is 0.407 e. The van der Waals surface area contributed by atoms with Crippen LogP contribution in [0.25, 0.3) is 0 Å². The van der Waals surface area contributed by atoms with Crippen molar-refractivity contribution in [3.05, 3.63) is 0 Å². The lowest BCUT2D eigenvalue weighted by Crippen LogP contribution is -2.38. The summed E-state index contributed by atoms with van der Waals surface area (Å²) < 4.78 is 10.5. The predicted octanol–water partition coefficient (Wildman–Crippen LogP) is 1.62. The number of carbonyl (C=O) groups is 1. The largest absolute Gasteiger partial charge is 0.446 e. The van der Waals surface area contributed by atoms with E-state index in [4.69, 9.17) is 9.47 Å². The van der Waals surface area contributed by atoms with Gasteiger partial charge in [0, 0.05) is 19.6 Å². The molecule has 0 unspecified atom stereocenters. The van der Waals surface area contributed by atoms with Gasteiger partial charge >= 0.3 is 6.09 Å². The molecule has 1 rings (SSSR count). The molecule has 0 bridgehead atoms. The highest BCUT2D eigenvalue weighted by Crippen LogP contribution is 2.02. The number of nitrogens with one attached hydrogen (secondary N) is 1. The van der Waals surface area contributed by atoms with Crippen molar-refractivity contribution in [3.8, 4) is 0 Å². The van der Waals surface area contributed by atoms with Crippen LogP contribution in [0.3, 0.4) is 0 Å². The molecule has 1 amide bonds. The summed E-state index contributed by atoms with van der Waals surface area (Å²) in [5.41, 5.74) is 0. The number of hydrogen-bond acceptors (Lipinski definition) is 4. The number of amides is 1. The van der Waals surface area contributed by atoms with Crippen molar-refractivity contribution in [2.75, 3.05) is 39.4 Å². The molecule has 5 nitrogen and oxygen atoms in total. The standard InChI is InChI=1S/C13H26N2O3/c1-3-12(4-2)18-13(16)14-6-5-7-15-8-10-17-11-9-15/h12H,3-11H2,1-2H3,(H,14,16). The van der Waals surface area contributed by atoms with Crippen LogP contribution in [0.15, 0.2) is 0 Å². The van der Waals surface area contributed by atoms with Crippen molar-refractivity contribution < 1.29 is 14.3 Å². The first-order valence-electron chi connectivity index (χ1n) is 7.00. The number of morpholine rings is 1. The molecule has 106 valence electrons. The molecule has 0 atom stereocenters. The van der Waals surface area contributed by atoms with Crippen molar-refractivity contribution in [2.24, 2.45) is 0 Å². The van der Waals surface area contributed by atoms with Gasteiger partial charge in [-0.05, 0) is 25.8 Å². The normalized spacial score (nSPS) is 16.8. The summed E-state index contributed by atoms with van der Waals surface area (Å²) in [6.07, 6.45) is 2.46. The number of rotatable bonds is 7. The maximum Gasteiger partial charge on any atom is 0.407 e. The first-order chi connectivity index (χ1) is 8.76. The Bertz CT molecular complexity index is 226. The summed E-state index contributed by atoms with van der Waals surface area (Å²) in [6.45, 7) is 9.38. The molecule has 1 saturated heterocycles. The van der Waals surface area contributed by atoms with E-state index in [0.717, 1.165) is 52.1 Å². The Kier molecular flexibility index (Phi) is 7.76. The first-order valence-corrected chi connectivity index (χ1v) is 7.00. The van der Waals surface area contributed by atoms with Gasteiger partial charge in [-0.25, -0.2) is 4.79 Å². The van der Waals surface area contributed by atoms with Gasteiger partial charge in [0.2, 0.25) is 0 Å². The quantitative estimate of drug-likeness (QED) is 0.705. The van der Waals surface area contributed by atoms with E-state index in [1.54, 1.807) is 0 Å². The monoisotopic (exact) mass is 258 g/mol. The predicted molar refractivity (Wildman–Crippen MR) is 70.7 cm³/mol. The van der Waals surface area contributed by atoms with Gasteiger partial charge in [0.25, 0.3) is 0 Å². The van der Waals surface area contributed by atoms with Gasteiger partial charge in [0.1, 0.15) is 6.10 Å². The van der Waals surface area contributed by atoms with Crippen LogP contribution in [0.5, 0.6) is 0 Å². The molecule has 0 aromatic rings. The molecule has 1 fully saturated rings. The first kappa shape index (κ1) is 15.2. The van der Waals surface area contributed by atoms with Gasteiger partial charge in [0.05, 0.1) is 13.2 Å². The van der Waals surface area contributed by atoms with Gasteiger partial charge in [0.15, 0.2) is 0 Å². The van der Waals surface area contributed by atoms with Crippen LogP contribution in [0, 0.1) is 0 Å². The van der Waals surface area contributed by atoms with Gasteiger partial charge in [-0.1, -0.05) is 13.8 Å². The third-order valence-corrected chi connectivity index (χ3v) is 3.21. The topological polar surface area (TPSA) is 50.8 Å². The van der Waals surface area contributed by atoms with Crippen LogP contribution < -0.4 is 5.32 Å². The van der Waals surface area contributed by atoms with Crippen LogP contribution in [-0.4, -0.2) is 56.5 Å². The van der Waals surface area contributed by atoms with E-state index >= 15 is 0 Å². The molecule has 0 saturated carbocycles. The average Bonchev–Trinajstić information content (AvgIpc) is 2.42. The van der Waals surface area contributed by atoms with Crippen LogP contribution in [-0.2, 0) is 9.47 Å². The van der Waals surface area contributed by atoms with Crippen LogP contribution >= 0.6 is 0 Å². The molecule has 0 aromatic heterocycles. The van der Waals surface area contributed by atoms with Gasteiger partial charge in [-0.15, -0.1) is 0 Å². The molecule has 1 aliphatic heterocycles. The molecular weight excluding hydrogens is 232 g/mol. The van der Waals surface area contributed by atoms with E-state index in [1.165, 1.54) is 0 Å². The fourth-order valence-electron chi connectivity index (χ4n) is 1.97. The summed E-state index contributed by atoms with van der Waals surface area (Å²) in [5, 5.41) is 2.80. The Hall–Kier alpha value is -0.810. The molecule has 1 heterocycles. The Labute approximate surface area is 110 Å². The average molecular weight is 258 g/mol. The second kappa shape index (κ2) is 9.16. The summed E-state index contributed by atoms with van der Waals surface area (Å²) in [5.74, 6) is 0. The number of alkyl carbamates (subject to hydrolysis) is 1. The van der Waals surface area contributed by atoms with Crippen molar-refractivity contribution in [3.63, 3.8) is 0 Å². The molecule has 0 aromatic carbocycles. The maximum absolute atomic E-state index is 11.5. The molecule has 0 radical (unpaired) electrons. The van der Waals surface area contributed by atoms with E-state index < -0.39 is 0 Å². The van der Waals surface area contributed by atoms with Crippen molar-refractivity contribution in [1.82, 2.24) is 10.2 Å². The third kappa shape index (κ3) is 6.21. The number of ether oxygens (including phenoxy) is 2. The number of carbonyl (C=O) groups excluding carboxylic acids is 1. The minimum atomic E-state index is -0.286. The number of nitrogens with zero attached hydrogens (tertiary/aromatic N) is 1. The molecule has 1 N–H and O–H groups in total. The summed E-state index contributed by atoms with van der Waals surface area (Å²) in [6, 6.07) is 0. The zero-order valence-electron chi connectivity index (χ0n) is 11.6. The van der Waals surface area contributed by atoms with Crippen molar-refractivity contribution >= 4 is 6.09 Å². The van der Waals surface area contributed by atoms with E-state index in [1.807, 2.05) is 13.8 Å². The SMILES string of the molecule is CCC(CC)OC(=O)NCCCN1CCOCC1. The zero-order valence-corrected chi connectivity index (χ0v) is 11.6. The summed E-state index contributed by atoms with van der Waals surface area (Å²) >= 11 is 0. The molecule has 5 heteroatoms. The Balaban J connectivity index is 2.01. The minimum absolute atomic E-state index is 0.0456. The van der Waals surface area contributed by atoms with Crippen LogP contribution in [0.1, 0.15) is 33.1 Å². The highest BCUT2D eigenvalue weighted by molar-refractivity contribution is 5.67. The highest BCUT2D eigenvalue weighted by Gasteiger charge is 2.11. The minimum Gasteiger partial charge on any atom is -0.446 e. The highest BCUT2D eigenvalue weighted by atomic mass is 16.6. The maximum atomic E-state index is 11.5. The molecule has 18 heavy (non-hydrogen) atoms. The zero-order chi connectivity index (χ0) is 13.2. The third-order valence-electron chi connectivity index (χ3n) is 3.21. The van der Waals surface area contributed by atoms with Crippen LogP contribution in [0.4, 0.5) is 4.79 Å². The lowest BCUT2D eigenvalue weighted by atomic mass is 10.2. The second-order valence-corrected chi connectivity index (χ2v) is 4.58. The van der Waals surface area contributed by atoms with Crippen molar-refractivity contribution in [1.29, 1.82) is 0 Å². The van der Waals surface area contributed by atoms with E-state index in [0.29, 0.717) is 6.54 Å². The Morgan fingerprint density at radius 3 is 2.61 bits per heavy atom. The van der Waals surface area contributed by atoms with Gasteiger partial charge in [-0.2, -0.15) is 0 Å². The molecule has 0 spiro atoms. The van der Waals surface area contributed by atoms with Gasteiger partial charge < -0.3 is 14.8 Å². The van der Waals surface area contributed by atoms with E-state index in [-0.39, 0.29) is 12.2 Å². The summed E-state index contributed by atoms with van der Waals surface area (Å²) in [4.78, 5) is 13.8. The second-order valence-electron chi connectivity index (χ2n) is 4.58. The molecular formula is C13H26N2O3. The molecule has 1 aliphatic rings. The van der Waals surface area contributed by atoms with Gasteiger partial charge in [-0.3, -0.25) is 4.90 Å². The fourth-order valence-corrected chi connectivity index (χ4v) is 1.97.